The molecule has 1 aromatic rings. The molecule has 1 unspecified atom stereocenters. The summed E-state index contributed by atoms with van der Waals surface area (Å²) in [5.74, 6) is 0.00567. The van der Waals surface area contributed by atoms with Crippen molar-refractivity contribution in [3.8, 4) is 0 Å². The van der Waals surface area contributed by atoms with Crippen molar-refractivity contribution < 1.29 is 9.53 Å². The number of halogens is 2. The fourth-order valence-electron chi connectivity index (χ4n) is 1.63. The molecule has 0 aromatic heterocycles. The second-order valence-electron chi connectivity index (χ2n) is 4.17. The van der Waals surface area contributed by atoms with Crippen LogP contribution in [0.5, 0.6) is 0 Å². The molecule has 0 aliphatic carbocycles. The van der Waals surface area contributed by atoms with Gasteiger partial charge >= 0.3 is 0 Å². The predicted octanol–water partition coefficient (Wildman–Crippen LogP) is 3.24. The molecule has 0 aliphatic heterocycles. The molecule has 0 saturated carbocycles. The van der Waals surface area contributed by atoms with Gasteiger partial charge in [0.25, 0.3) is 5.91 Å². The van der Waals surface area contributed by atoms with Crippen LogP contribution in [-0.4, -0.2) is 42.9 Å². The summed E-state index contributed by atoms with van der Waals surface area (Å²) in [6.45, 7) is 3.15. The van der Waals surface area contributed by atoms with Crippen molar-refractivity contribution in [3.63, 3.8) is 0 Å². The number of carbonyl (C=O) groups excluding carboxylic acids is 1. The van der Waals surface area contributed by atoms with Crippen LogP contribution in [0.4, 0.5) is 0 Å². The maximum atomic E-state index is 12.3. The van der Waals surface area contributed by atoms with Gasteiger partial charge in [-0.1, -0.05) is 28.1 Å². The normalized spacial score (nSPS) is 12.3. The van der Waals surface area contributed by atoms with E-state index >= 15 is 0 Å². The molecule has 18 heavy (non-hydrogen) atoms. The van der Waals surface area contributed by atoms with Gasteiger partial charge in [-0.15, -0.1) is 0 Å². The summed E-state index contributed by atoms with van der Waals surface area (Å²) in [5, 5.41) is 0. The van der Waals surface area contributed by atoms with Crippen LogP contribution in [0.15, 0.2) is 22.7 Å². The Morgan fingerprint density at radius 1 is 1.50 bits per heavy atom. The fraction of sp³-hybridized carbons (Fsp3) is 0.462. The van der Waals surface area contributed by atoms with Crippen molar-refractivity contribution >= 4 is 37.8 Å². The van der Waals surface area contributed by atoms with Crippen LogP contribution in [0.2, 0.25) is 0 Å². The lowest BCUT2D eigenvalue weighted by Gasteiger charge is -2.21. The Morgan fingerprint density at radius 2 is 2.17 bits per heavy atom. The zero-order valence-electron chi connectivity index (χ0n) is 10.7. The molecule has 0 radical (unpaired) electrons. The second kappa shape index (κ2) is 7.26. The summed E-state index contributed by atoms with van der Waals surface area (Å²) in [4.78, 5) is 14.1. The third-order valence-corrected chi connectivity index (χ3v) is 4.19. The number of carbonyl (C=O) groups is 1. The van der Waals surface area contributed by atoms with E-state index in [-0.39, 0.29) is 10.7 Å². The average Bonchev–Trinajstić information content (AvgIpc) is 2.32. The molecular weight excluding hydrogens is 362 g/mol. The van der Waals surface area contributed by atoms with Crippen molar-refractivity contribution in [3.05, 3.63) is 33.8 Å². The molecule has 0 heterocycles. The van der Waals surface area contributed by atoms with Gasteiger partial charge in [-0.2, -0.15) is 0 Å². The van der Waals surface area contributed by atoms with E-state index in [9.17, 15) is 4.79 Å². The zero-order valence-corrected chi connectivity index (χ0v) is 13.9. The molecule has 5 heteroatoms. The highest BCUT2D eigenvalue weighted by Crippen LogP contribution is 2.22. The minimum absolute atomic E-state index is 0.00567. The molecule has 1 aromatic carbocycles. The molecule has 0 bridgehead atoms. The Hall–Kier alpha value is -0.390. The third-order valence-electron chi connectivity index (χ3n) is 2.59. The SMILES string of the molecule is COCC(Br)CN(C)C(=O)c1cccc(C)c1Br. The summed E-state index contributed by atoms with van der Waals surface area (Å²) < 4.78 is 5.90. The molecule has 1 amide bonds. The summed E-state index contributed by atoms with van der Waals surface area (Å²) in [6, 6.07) is 5.69. The van der Waals surface area contributed by atoms with Gasteiger partial charge < -0.3 is 9.64 Å². The van der Waals surface area contributed by atoms with Gasteiger partial charge in [0.05, 0.1) is 17.0 Å². The number of benzene rings is 1. The Labute approximate surface area is 125 Å². The molecular formula is C13H17Br2NO2. The molecule has 0 fully saturated rings. The van der Waals surface area contributed by atoms with Gasteiger partial charge in [-0.3, -0.25) is 4.79 Å². The summed E-state index contributed by atoms with van der Waals surface area (Å²) in [5.41, 5.74) is 1.75. The smallest absolute Gasteiger partial charge is 0.254 e. The number of hydrogen-bond donors (Lipinski definition) is 0. The van der Waals surface area contributed by atoms with Gasteiger partial charge in [-0.05, 0) is 34.5 Å². The molecule has 100 valence electrons. The van der Waals surface area contributed by atoms with E-state index in [1.54, 1.807) is 19.1 Å². The van der Waals surface area contributed by atoms with E-state index in [1.165, 1.54) is 0 Å². The minimum atomic E-state index is 0.00567. The van der Waals surface area contributed by atoms with Crippen molar-refractivity contribution in [1.82, 2.24) is 4.90 Å². The van der Waals surface area contributed by atoms with Crippen molar-refractivity contribution in [1.29, 1.82) is 0 Å². The lowest BCUT2D eigenvalue weighted by Crippen LogP contribution is -2.34. The van der Waals surface area contributed by atoms with Gasteiger partial charge in [0.1, 0.15) is 0 Å². The largest absolute Gasteiger partial charge is 0.383 e. The lowest BCUT2D eigenvalue weighted by atomic mass is 10.1. The monoisotopic (exact) mass is 377 g/mol. The standard InChI is InChI=1S/C13H17Br2NO2/c1-9-5-4-6-11(12(9)15)13(17)16(2)7-10(14)8-18-3/h4-6,10H,7-8H2,1-3H3. The van der Waals surface area contributed by atoms with E-state index in [0.717, 1.165) is 10.0 Å². The average molecular weight is 379 g/mol. The Kier molecular flexibility index (Phi) is 6.32. The van der Waals surface area contributed by atoms with Crippen molar-refractivity contribution in [2.24, 2.45) is 0 Å². The third kappa shape index (κ3) is 4.07. The maximum absolute atomic E-state index is 12.3. The molecule has 0 spiro atoms. The minimum Gasteiger partial charge on any atom is -0.383 e. The Bertz CT molecular complexity index is 423. The van der Waals surface area contributed by atoms with Crippen LogP contribution in [0.3, 0.4) is 0 Å². The first kappa shape index (κ1) is 15.7. The van der Waals surface area contributed by atoms with Crippen LogP contribution in [0.25, 0.3) is 0 Å². The first-order chi connectivity index (χ1) is 8.47. The number of aryl methyl sites for hydroxylation is 1. The van der Waals surface area contributed by atoms with Gasteiger partial charge in [0.2, 0.25) is 0 Å². The van der Waals surface area contributed by atoms with Gasteiger partial charge in [0.15, 0.2) is 0 Å². The van der Waals surface area contributed by atoms with Crippen molar-refractivity contribution in [2.75, 3.05) is 27.3 Å². The predicted molar refractivity (Wildman–Crippen MR) is 80.4 cm³/mol. The zero-order chi connectivity index (χ0) is 13.7. The van der Waals surface area contributed by atoms with E-state index in [1.807, 2.05) is 25.1 Å². The highest BCUT2D eigenvalue weighted by molar-refractivity contribution is 9.10. The van der Waals surface area contributed by atoms with Gasteiger partial charge in [-0.25, -0.2) is 0 Å². The van der Waals surface area contributed by atoms with Crippen LogP contribution in [0, 0.1) is 6.92 Å². The molecule has 1 atom stereocenters. The molecule has 0 N–H and O–H groups in total. The first-order valence-corrected chi connectivity index (χ1v) is 7.31. The molecule has 0 saturated heterocycles. The quantitative estimate of drug-likeness (QED) is 0.736. The van der Waals surface area contributed by atoms with E-state index in [0.29, 0.717) is 18.7 Å². The lowest BCUT2D eigenvalue weighted by molar-refractivity contribution is 0.0783. The maximum Gasteiger partial charge on any atom is 0.254 e. The fourth-order valence-corrected chi connectivity index (χ4v) is 2.76. The first-order valence-electron chi connectivity index (χ1n) is 5.61. The number of methoxy groups -OCH3 is 1. The Balaban J connectivity index is 2.77. The number of nitrogens with zero attached hydrogens (tertiary/aromatic N) is 1. The molecule has 0 aliphatic rings. The van der Waals surface area contributed by atoms with Crippen LogP contribution in [-0.2, 0) is 4.74 Å². The number of hydrogen-bond acceptors (Lipinski definition) is 2. The summed E-state index contributed by atoms with van der Waals surface area (Å²) in [7, 11) is 3.44. The van der Waals surface area contributed by atoms with Crippen molar-refractivity contribution in [2.45, 2.75) is 11.8 Å². The van der Waals surface area contributed by atoms with Crippen LogP contribution < -0.4 is 0 Å². The number of ether oxygens (including phenoxy) is 1. The summed E-state index contributed by atoms with van der Waals surface area (Å²) in [6.07, 6.45) is 0. The molecule has 3 nitrogen and oxygen atoms in total. The number of amides is 1. The van der Waals surface area contributed by atoms with Crippen LogP contribution >= 0.6 is 31.9 Å². The Morgan fingerprint density at radius 3 is 2.78 bits per heavy atom. The van der Waals surface area contributed by atoms with E-state index in [2.05, 4.69) is 31.9 Å². The highest BCUT2D eigenvalue weighted by atomic mass is 79.9. The molecule has 1 rings (SSSR count). The topological polar surface area (TPSA) is 29.5 Å². The number of rotatable bonds is 5. The second-order valence-corrected chi connectivity index (χ2v) is 6.26. The number of alkyl halides is 1. The van der Waals surface area contributed by atoms with Crippen LogP contribution in [0.1, 0.15) is 15.9 Å². The van der Waals surface area contributed by atoms with E-state index < -0.39 is 0 Å². The summed E-state index contributed by atoms with van der Waals surface area (Å²) >= 11 is 6.94. The van der Waals surface area contributed by atoms with E-state index in [4.69, 9.17) is 4.74 Å². The highest BCUT2D eigenvalue weighted by Gasteiger charge is 2.18. The van der Waals surface area contributed by atoms with Gasteiger partial charge in [0, 0.05) is 25.2 Å².